The van der Waals surface area contributed by atoms with Crippen molar-refractivity contribution >= 4 is 71.1 Å². The molecule has 0 radical (unpaired) electrons. The lowest BCUT2D eigenvalue weighted by Gasteiger charge is -2.10. The first kappa shape index (κ1) is 36.1. The molecule has 1 aliphatic rings. The smallest absolute Gasteiger partial charge is 0.135 e. The minimum atomic E-state index is 0.858. The maximum atomic E-state index is 6.53. The Labute approximate surface area is 368 Å². The fourth-order valence-corrected chi connectivity index (χ4v) is 9.74. The van der Waals surface area contributed by atoms with Crippen LogP contribution >= 0.6 is 0 Å². The summed E-state index contributed by atoms with van der Waals surface area (Å²) in [7, 11) is 0. The summed E-state index contributed by atoms with van der Waals surface area (Å²) in [5, 5.41) is 6.91. The molecular formula is C59H38N4O. The van der Waals surface area contributed by atoms with Gasteiger partial charge < -0.3 is 13.6 Å². The highest BCUT2D eigenvalue weighted by Gasteiger charge is 2.19. The average Bonchev–Trinajstić information content (AvgIpc) is 3.91. The first-order valence-electron chi connectivity index (χ1n) is 21.8. The third-order valence-electron chi connectivity index (χ3n) is 12.7. The Morgan fingerprint density at radius 2 is 0.891 bits per heavy atom. The predicted octanol–water partition coefficient (Wildman–Crippen LogP) is 15.5. The molecule has 0 unspecified atom stereocenters. The summed E-state index contributed by atoms with van der Waals surface area (Å²) >= 11 is 0. The van der Waals surface area contributed by atoms with Crippen LogP contribution in [0.2, 0.25) is 0 Å². The third kappa shape index (κ3) is 5.86. The van der Waals surface area contributed by atoms with E-state index in [1.54, 1.807) is 0 Å². The molecule has 1 aliphatic carbocycles. The molecule has 0 aliphatic heterocycles. The van der Waals surface area contributed by atoms with Crippen LogP contribution in [0.5, 0.6) is 0 Å². The number of hydrogen-bond donors (Lipinski definition) is 0. The van der Waals surface area contributed by atoms with Crippen molar-refractivity contribution < 1.29 is 4.42 Å². The summed E-state index contributed by atoms with van der Waals surface area (Å²) in [5.74, 6) is 0. The number of pyridine rings is 2. The molecule has 5 heterocycles. The van der Waals surface area contributed by atoms with Crippen molar-refractivity contribution in [3.8, 4) is 45.1 Å². The van der Waals surface area contributed by atoms with E-state index in [0.717, 1.165) is 107 Å². The van der Waals surface area contributed by atoms with Gasteiger partial charge in [-0.2, -0.15) is 0 Å². The highest BCUT2D eigenvalue weighted by Crippen LogP contribution is 2.40. The van der Waals surface area contributed by atoms with Gasteiger partial charge in [-0.3, -0.25) is 0 Å². The van der Waals surface area contributed by atoms with Gasteiger partial charge >= 0.3 is 0 Å². The minimum Gasteiger partial charge on any atom is -0.456 e. The number of aromatic nitrogens is 4. The Kier molecular flexibility index (Phi) is 8.21. The lowest BCUT2D eigenvalue weighted by atomic mass is 10.0. The molecule has 0 saturated heterocycles. The van der Waals surface area contributed by atoms with Crippen molar-refractivity contribution in [3.05, 3.63) is 224 Å². The zero-order valence-corrected chi connectivity index (χ0v) is 34.7. The minimum absolute atomic E-state index is 0.858. The second-order valence-electron chi connectivity index (χ2n) is 16.5. The molecule has 5 aromatic heterocycles. The molecule has 12 aromatic rings. The van der Waals surface area contributed by atoms with Crippen LogP contribution < -0.4 is 0 Å². The van der Waals surface area contributed by atoms with E-state index < -0.39 is 0 Å². The molecule has 5 heteroatoms. The van der Waals surface area contributed by atoms with E-state index >= 15 is 0 Å². The summed E-state index contributed by atoms with van der Waals surface area (Å²) in [6.45, 7) is 0. The summed E-state index contributed by atoms with van der Waals surface area (Å²) in [6, 6.07) is 66.9. The van der Waals surface area contributed by atoms with E-state index in [0.29, 0.717) is 0 Å². The van der Waals surface area contributed by atoms with Gasteiger partial charge in [0.05, 0.1) is 44.8 Å². The SMILES string of the molecule is C1=CCC=C(c2cccc(-c3ccc4c(c3)c3ccccc3n4-c3ccc4oc5ccc(-n6c7ccccc7c7cc(-c8cccc(-c9ccccc9)n8)ccc76)cc5c4c3)n2)C=C1. The fourth-order valence-electron chi connectivity index (χ4n) is 9.74. The third-order valence-corrected chi connectivity index (χ3v) is 12.7. The number of fused-ring (bicyclic) bond motifs is 9. The van der Waals surface area contributed by atoms with Crippen LogP contribution in [0.15, 0.2) is 223 Å². The van der Waals surface area contributed by atoms with Gasteiger partial charge in [0.2, 0.25) is 0 Å². The van der Waals surface area contributed by atoms with Gasteiger partial charge in [-0.15, -0.1) is 0 Å². The van der Waals surface area contributed by atoms with Crippen LogP contribution in [0.25, 0.3) is 116 Å². The van der Waals surface area contributed by atoms with Crippen LogP contribution in [0.1, 0.15) is 12.1 Å². The molecule has 0 saturated carbocycles. The molecule has 64 heavy (non-hydrogen) atoms. The molecule has 0 N–H and O–H groups in total. The van der Waals surface area contributed by atoms with E-state index in [4.69, 9.17) is 14.4 Å². The van der Waals surface area contributed by atoms with E-state index in [2.05, 4.69) is 222 Å². The number of rotatable bonds is 6. The molecule has 0 spiro atoms. The molecule has 0 fully saturated rings. The highest BCUT2D eigenvalue weighted by atomic mass is 16.3. The van der Waals surface area contributed by atoms with Gasteiger partial charge in [-0.05, 0) is 109 Å². The molecule has 0 bridgehead atoms. The van der Waals surface area contributed by atoms with Gasteiger partial charge in [0.15, 0.2) is 0 Å². The normalized spacial score (nSPS) is 12.9. The lowest BCUT2D eigenvalue weighted by molar-refractivity contribution is 0.669. The van der Waals surface area contributed by atoms with Gasteiger partial charge in [0.25, 0.3) is 0 Å². The number of nitrogens with zero attached hydrogens (tertiary/aromatic N) is 4. The van der Waals surface area contributed by atoms with Crippen molar-refractivity contribution in [2.24, 2.45) is 0 Å². The number of hydrogen-bond acceptors (Lipinski definition) is 3. The molecule has 300 valence electrons. The number of allylic oxidation sites excluding steroid dienone is 6. The van der Waals surface area contributed by atoms with Gasteiger partial charge in [0, 0.05) is 60.4 Å². The van der Waals surface area contributed by atoms with E-state index in [-0.39, 0.29) is 0 Å². The topological polar surface area (TPSA) is 48.8 Å². The maximum Gasteiger partial charge on any atom is 0.135 e. The summed E-state index contributed by atoms with van der Waals surface area (Å²) < 4.78 is 11.3. The zero-order valence-electron chi connectivity index (χ0n) is 34.7. The van der Waals surface area contributed by atoms with Crippen molar-refractivity contribution in [3.63, 3.8) is 0 Å². The van der Waals surface area contributed by atoms with E-state index in [1.165, 1.54) is 21.5 Å². The Hall–Kier alpha value is -8.54. The fraction of sp³-hybridized carbons (Fsp3) is 0.0169. The quantitative estimate of drug-likeness (QED) is 0.168. The van der Waals surface area contributed by atoms with Crippen LogP contribution in [0.4, 0.5) is 0 Å². The largest absolute Gasteiger partial charge is 0.456 e. The van der Waals surface area contributed by atoms with Gasteiger partial charge in [0.1, 0.15) is 11.2 Å². The Morgan fingerprint density at radius 1 is 0.375 bits per heavy atom. The van der Waals surface area contributed by atoms with Crippen LogP contribution in [-0.2, 0) is 0 Å². The molecule has 7 aromatic carbocycles. The first-order chi connectivity index (χ1) is 31.7. The van der Waals surface area contributed by atoms with Gasteiger partial charge in [-0.25, -0.2) is 9.97 Å². The monoisotopic (exact) mass is 818 g/mol. The van der Waals surface area contributed by atoms with Crippen LogP contribution in [0, 0.1) is 0 Å². The maximum absolute atomic E-state index is 6.53. The number of para-hydroxylation sites is 2. The Bertz CT molecular complexity index is 3930. The highest BCUT2D eigenvalue weighted by molar-refractivity contribution is 6.13. The second kappa shape index (κ2) is 14.5. The summed E-state index contributed by atoms with van der Waals surface area (Å²) in [5.41, 5.74) is 16.7. The number of furan rings is 1. The Morgan fingerprint density at radius 3 is 1.50 bits per heavy atom. The summed E-state index contributed by atoms with van der Waals surface area (Å²) in [6.07, 6.45) is 11.6. The zero-order chi connectivity index (χ0) is 42.1. The molecule has 13 rings (SSSR count). The molecule has 5 nitrogen and oxygen atoms in total. The van der Waals surface area contributed by atoms with Crippen molar-refractivity contribution in [1.29, 1.82) is 0 Å². The average molecular weight is 819 g/mol. The van der Waals surface area contributed by atoms with Crippen molar-refractivity contribution in [2.45, 2.75) is 6.42 Å². The number of benzene rings is 7. The first-order valence-corrected chi connectivity index (χ1v) is 21.8. The van der Waals surface area contributed by atoms with Crippen molar-refractivity contribution in [1.82, 2.24) is 19.1 Å². The van der Waals surface area contributed by atoms with Crippen molar-refractivity contribution in [2.75, 3.05) is 0 Å². The predicted molar refractivity (Wildman–Crippen MR) is 265 cm³/mol. The van der Waals surface area contributed by atoms with E-state index in [1.807, 2.05) is 6.07 Å². The second-order valence-corrected chi connectivity index (χ2v) is 16.5. The lowest BCUT2D eigenvalue weighted by Crippen LogP contribution is -1.94. The van der Waals surface area contributed by atoms with Crippen LogP contribution in [-0.4, -0.2) is 19.1 Å². The molecule has 0 amide bonds. The van der Waals surface area contributed by atoms with Crippen LogP contribution in [0.3, 0.4) is 0 Å². The standard InChI is InChI=1S/C59H38N4O/c1-2-5-15-38(14-4-1)50-20-12-22-52(60-50)40-26-30-56-46(34-40)44-18-8-10-24-54(44)62(56)42-28-32-58-48(36-42)49-37-43(29-33-59(49)64-58)63-55-25-11-9-19-45(55)47-35-41(27-31-57(47)63)53-23-13-21-51(61-53)39-16-6-3-7-17-39/h1-4,6-37H,5H2. The molecule has 0 atom stereocenters. The van der Waals surface area contributed by atoms with Gasteiger partial charge in [-0.1, -0.05) is 121 Å². The molecular weight excluding hydrogens is 781 g/mol. The van der Waals surface area contributed by atoms with E-state index in [9.17, 15) is 0 Å². The summed E-state index contributed by atoms with van der Waals surface area (Å²) in [4.78, 5) is 10.2. The Balaban J connectivity index is 0.920.